The van der Waals surface area contributed by atoms with Gasteiger partial charge in [-0.15, -0.1) is 11.6 Å². The molecule has 4 heteroatoms. The number of carbonyl (C=O) groups is 1. The zero-order valence-corrected chi connectivity index (χ0v) is 11.2. The first-order valence-electron chi connectivity index (χ1n) is 5.58. The molecule has 1 aromatic rings. The summed E-state index contributed by atoms with van der Waals surface area (Å²) >= 11 is 5.63. The number of anilines is 1. The molecule has 17 heavy (non-hydrogen) atoms. The van der Waals surface area contributed by atoms with E-state index in [0.29, 0.717) is 0 Å². The van der Waals surface area contributed by atoms with E-state index in [0.717, 1.165) is 16.8 Å². The Morgan fingerprint density at radius 2 is 1.94 bits per heavy atom. The Kier molecular flexibility index (Phi) is 4.97. The fourth-order valence-electron chi connectivity index (χ4n) is 1.92. The fourth-order valence-corrected chi connectivity index (χ4v) is 2.05. The van der Waals surface area contributed by atoms with Crippen LogP contribution in [-0.4, -0.2) is 29.5 Å². The fraction of sp³-hybridized carbons (Fsp3) is 0.462. The van der Waals surface area contributed by atoms with Crippen molar-refractivity contribution in [2.75, 3.05) is 17.4 Å². The largest absolute Gasteiger partial charge is 0.394 e. The quantitative estimate of drug-likeness (QED) is 0.839. The number of hydrogen-bond donors (Lipinski definition) is 1. The predicted octanol–water partition coefficient (Wildman–Crippen LogP) is 2.26. The number of carbonyl (C=O) groups excluding carboxylic acids is 1. The second-order valence-electron chi connectivity index (χ2n) is 4.17. The summed E-state index contributed by atoms with van der Waals surface area (Å²) in [7, 11) is 0. The zero-order valence-electron chi connectivity index (χ0n) is 10.4. The number of aliphatic hydroxyl groups excluding tert-OH is 1. The normalized spacial score (nSPS) is 12.3. The minimum atomic E-state index is -0.277. The Balaban J connectivity index is 3.26. The minimum Gasteiger partial charge on any atom is -0.394 e. The van der Waals surface area contributed by atoms with Crippen LogP contribution in [0.4, 0.5) is 5.69 Å². The van der Waals surface area contributed by atoms with Gasteiger partial charge in [-0.25, -0.2) is 0 Å². The zero-order chi connectivity index (χ0) is 13.0. The van der Waals surface area contributed by atoms with Crippen molar-refractivity contribution < 1.29 is 9.90 Å². The second kappa shape index (κ2) is 6.03. The van der Waals surface area contributed by atoms with Crippen molar-refractivity contribution >= 4 is 23.2 Å². The molecule has 0 bridgehead atoms. The van der Waals surface area contributed by atoms with Crippen molar-refractivity contribution in [3.63, 3.8) is 0 Å². The van der Waals surface area contributed by atoms with Crippen molar-refractivity contribution in [3.05, 3.63) is 29.3 Å². The van der Waals surface area contributed by atoms with Crippen LogP contribution in [0.15, 0.2) is 18.2 Å². The van der Waals surface area contributed by atoms with Gasteiger partial charge < -0.3 is 10.0 Å². The molecule has 0 aliphatic heterocycles. The van der Waals surface area contributed by atoms with Crippen molar-refractivity contribution in [1.82, 2.24) is 0 Å². The maximum Gasteiger partial charge on any atom is 0.242 e. The summed E-state index contributed by atoms with van der Waals surface area (Å²) in [6.45, 7) is 5.61. The number of aryl methyl sites for hydroxylation is 2. The second-order valence-corrected chi connectivity index (χ2v) is 4.44. The summed E-state index contributed by atoms with van der Waals surface area (Å²) in [4.78, 5) is 13.5. The average molecular weight is 256 g/mol. The van der Waals surface area contributed by atoms with Gasteiger partial charge in [-0.1, -0.05) is 18.2 Å². The van der Waals surface area contributed by atoms with Crippen LogP contribution in [-0.2, 0) is 4.79 Å². The number of nitrogens with zero attached hydrogens (tertiary/aromatic N) is 1. The van der Waals surface area contributed by atoms with E-state index in [9.17, 15) is 9.90 Å². The van der Waals surface area contributed by atoms with Gasteiger partial charge in [-0.05, 0) is 31.9 Å². The van der Waals surface area contributed by atoms with E-state index in [1.54, 1.807) is 11.8 Å². The molecule has 1 amide bonds. The van der Waals surface area contributed by atoms with Crippen molar-refractivity contribution in [1.29, 1.82) is 0 Å². The van der Waals surface area contributed by atoms with Crippen molar-refractivity contribution in [2.24, 2.45) is 0 Å². The molecule has 0 aliphatic rings. The van der Waals surface area contributed by atoms with Gasteiger partial charge >= 0.3 is 0 Å². The van der Waals surface area contributed by atoms with Crippen LogP contribution in [0.25, 0.3) is 0 Å². The van der Waals surface area contributed by atoms with Crippen molar-refractivity contribution in [2.45, 2.75) is 26.8 Å². The lowest BCUT2D eigenvalue weighted by Gasteiger charge is -2.30. The van der Waals surface area contributed by atoms with Gasteiger partial charge in [0.1, 0.15) is 5.88 Å². The number of benzene rings is 1. The maximum atomic E-state index is 11.9. The number of halogens is 1. The van der Waals surface area contributed by atoms with E-state index in [1.807, 2.05) is 32.0 Å². The Morgan fingerprint density at radius 1 is 1.41 bits per heavy atom. The molecule has 0 saturated carbocycles. The summed E-state index contributed by atoms with van der Waals surface area (Å²) in [5, 5.41) is 9.26. The molecule has 94 valence electrons. The molecule has 0 saturated heterocycles. The van der Waals surface area contributed by atoms with Crippen molar-refractivity contribution in [3.8, 4) is 0 Å². The number of amides is 1. The third-order valence-corrected chi connectivity index (χ3v) is 3.00. The number of rotatable bonds is 4. The molecule has 1 rings (SSSR count). The molecule has 0 spiro atoms. The Morgan fingerprint density at radius 3 is 2.35 bits per heavy atom. The molecule has 0 aliphatic carbocycles. The van der Waals surface area contributed by atoms with E-state index in [2.05, 4.69) is 0 Å². The number of hydrogen-bond acceptors (Lipinski definition) is 2. The van der Waals surface area contributed by atoms with Gasteiger partial charge in [0.05, 0.1) is 12.6 Å². The monoisotopic (exact) mass is 255 g/mol. The van der Waals surface area contributed by atoms with E-state index in [1.165, 1.54) is 0 Å². The molecule has 0 fully saturated rings. The molecule has 1 N–H and O–H groups in total. The highest BCUT2D eigenvalue weighted by atomic mass is 35.5. The van der Waals surface area contributed by atoms with Gasteiger partial charge in [-0.3, -0.25) is 4.79 Å². The van der Waals surface area contributed by atoms with Crippen LogP contribution in [0.2, 0.25) is 0 Å². The van der Waals surface area contributed by atoms with E-state index >= 15 is 0 Å². The molecular weight excluding hydrogens is 238 g/mol. The van der Waals surface area contributed by atoms with E-state index in [-0.39, 0.29) is 24.4 Å². The summed E-state index contributed by atoms with van der Waals surface area (Å²) < 4.78 is 0. The molecule has 1 atom stereocenters. The third-order valence-electron chi connectivity index (χ3n) is 2.77. The standard InChI is InChI=1S/C13H18ClNO2/c1-9-5-4-6-10(2)13(9)15(11(3)8-16)12(17)7-14/h4-6,11,16H,7-8H2,1-3H3. The SMILES string of the molecule is Cc1cccc(C)c1N(C(=O)CCl)C(C)CO. The summed E-state index contributed by atoms with van der Waals surface area (Å²) in [6.07, 6.45) is 0. The van der Waals surface area contributed by atoms with Gasteiger partial charge in [-0.2, -0.15) is 0 Å². The highest BCUT2D eigenvalue weighted by Gasteiger charge is 2.23. The van der Waals surface area contributed by atoms with Crippen LogP contribution in [0.5, 0.6) is 0 Å². The molecule has 0 aromatic heterocycles. The lowest BCUT2D eigenvalue weighted by Crippen LogP contribution is -2.42. The third kappa shape index (κ3) is 2.99. The summed E-state index contributed by atoms with van der Waals surface area (Å²) in [5.74, 6) is -0.274. The molecule has 1 unspecified atom stereocenters. The van der Waals surface area contributed by atoms with Gasteiger partial charge in [0.2, 0.25) is 5.91 Å². The average Bonchev–Trinajstić information content (AvgIpc) is 2.32. The Bertz CT molecular complexity index is 386. The van der Waals surface area contributed by atoms with Crippen LogP contribution in [0.3, 0.4) is 0 Å². The molecule has 0 heterocycles. The number of aliphatic hydroxyl groups is 1. The van der Waals surface area contributed by atoms with E-state index < -0.39 is 0 Å². The molecule has 0 radical (unpaired) electrons. The predicted molar refractivity (Wildman–Crippen MR) is 70.7 cm³/mol. The first kappa shape index (κ1) is 14.0. The topological polar surface area (TPSA) is 40.5 Å². The smallest absolute Gasteiger partial charge is 0.242 e. The maximum absolute atomic E-state index is 11.9. The first-order chi connectivity index (χ1) is 8.02. The highest BCUT2D eigenvalue weighted by Crippen LogP contribution is 2.26. The minimum absolute atomic E-state index is 0.0852. The molecule has 1 aromatic carbocycles. The first-order valence-corrected chi connectivity index (χ1v) is 6.11. The summed E-state index contributed by atoms with van der Waals surface area (Å²) in [5.41, 5.74) is 2.85. The molecule has 3 nitrogen and oxygen atoms in total. The number of para-hydroxylation sites is 1. The Hall–Kier alpha value is -1.06. The van der Waals surface area contributed by atoms with Gasteiger partial charge in [0.15, 0.2) is 0 Å². The van der Waals surface area contributed by atoms with Gasteiger partial charge in [0, 0.05) is 5.69 Å². The highest BCUT2D eigenvalue weighted by molar-refractivity contribution is 6.29. The lowest BCUT2D eigenvalue weighted by molar-refractivity contribution is -0.116. The number of alkyl halides is 1. The lowest BCUT2D eigenvalue weighted by atomic mass is 10.1. The van der Waals surface area contributed by atoms with Gasteiger partial charge in [0.25, 0.3) is 0 Å². The summed E-state index contributed by atoms with van der Waals surface area (Å²) in [6, 6.07) is 5.56. The molecular formula is C13H18ClNO2. The van der Waals surface area contributed by atoms with E-state index in [4.69, 9.17) is 11.6 Å². The van der Waals surface area contributed by atoms with Crippen LogP contribution >= 0.6 is 11.6 Å². The van der Waals surface area contributed by atoms with Crippen LogP contribution < -0.4 is 4.90 Å². The Labute approximate surface area is 107 Å². The van der Waals surface area contributed by atoms with Crippen LogP contribution in [0, 0.1) is 13.8 Å². The van der Waals surface area contributed by atoms with Crippen LogP contribution in [0.1, 0.15) is 18.1 Å².